The minimum Gasteiger partial charge on any atom is -0.398 e. The average molecular weight is 231 g/mol. The SMILES string of the molecule is CCc1noc2nc(C3CCCC3)cc(N)c12. The van der Waals surface area contributed by atoms with Crippen LogP contribution in [-0.2, 0) is 6.42 Å². The van der Waals surface area contributed by atoms with E-state index in [2.05, 4.69) is 10.1 Å². The van der Waals surface area contributed by atoms with Crippen molar-refractivity contribution in [3.63, 3.8) is 0 Å². The third-order valence-electron chi connectivity index (χ3n) is 3.68. The molecule has 2 aromatic heterocycles. The van der Waals surface area contributed by atoms with Crippen molar-refractivity contribution >= 4 is 16.8 Å². The summed E-state index contributed by atoms with van der Waals surface area (Å²) in [5.74, 6) is 0.553. The first-order chi connectivity index (χ1) is 8.29. The van der Waals surface area contributed by atoms with Crippen LogP contribution in [0.5, 0.6) is 0 Å². The third kappa shape index (κ3) is 1.68. The molecule has 0 bridgehead atoms. The number of aromatic nitrogens is 2. The Kier molecular flexibility index (Phi) is 2.50. The van der Waals surface area contributed by atoms with Crippen molar-refractivity contribution in [2.45, 2.75) is 44.9 Å². The minimum atomic E-state index is 0.553. The molecule has 2 heterocycles. The summed E-state index contributed by atoms with van der Waals surface area (Å²) in [5.41, 5.74) is 9.45. The Morgan fingerprint density at radius 2 is 2.18 bits per heavy atom. The van der Waals surface area contributed by atoms with Gasteiger partial charge in [-0.05, 0) is 25.3 Å². The van der Waals surface area contributed by atoms with Crippen LogP contribution in [0.1, 0.15) is 49.9 Å². The van der Waals surface area contributed by atoms with E-state index in [0.29, 0.717) is 11.6 Å². The van der Waals surface area contributed by atoms with E-state index < -0.39 is 0 Å². The molecule has 0 aromatic carbocycles. The number of pyridine rings is 1. The van der Waals surface area contributed by atoms with Gasteiger partial charge in [0.25, 0.3) is 5.71 Å². The molecule has 2 aromatic rings. The highest BCUT2D eigenvalue weighted by atomic mass is 16.5. The first kappa shape index (κ1) is 10.6. The lowest BCUT2D eigenvalue weighted by Crippen LogP contribution is -1.99. The van der Waals surface area contributed by atoms with Crippen molar-refractivity contribution in [2.75, 3.05) is 5.73 Å². The van der Waals surface area contributed by atoms with Gasteiger partial charge in [-0.15, -0.1) is 0 Å². The maximum atomic E-state index is 6.11. The van der Waals surface area contributed by atoms with E-state index in [1.165, 1.54) is 25.7 Å². The predicted molar refractivity (Wildman–Crippen MR) is 66.8 cm³/mol. The number of anilines is 1. The zero-order chi connectivity index (χ0) is 11.8. The van der Waals surface area contributed by atoms with E-state index in [1.807, 2.05) is 13.0 Å². The van der Waals surface area contributed by atoms with E-state index in [9.17, 15) is 0 Å². The zero-order valence-corrected chi connectivity index (χ0v) is 10.1. The number of rotatable bonds is 2. The molecule has 4 heteroatoms. The minimum absolute atomic E-state index is 0.553. The summed E-state index contributed by atoms with van der Waals surface area (Å²) in [4.78, 5) is 4.58. The third-order valence-corrected chi connectivity index (χ3v) is 3.68. The number of hydrogen-bond donors (Lipinski definition) is 1. The lowest BCUT2D eigenvalue weighted by atomic mass is 10.0. The van der Waals surface area contributed by atoms with Crippen LogP contribution in [0.2, 0.25) is 0 Å². The van der Waals surface area contributed by atoms with Gasteiger partial charge < -0.3 is 10.3 Å². The fraction of sp³-hybridized carbons (Fsp3) is 0.538. The molecule has 0 radical (unpaired) electrons. The van der Waals surface area contributed by atoms with Gasteiger partial charge in [-0.2, -0.15) is 0 Å². The Morgan fingerprint density at radius 1 is 1.41 bits per heavy atom. The fourth-order valence-electron chi connectivity index (χ4n) is 2.73. The van der Waals surface area contributed by atoms with E-state index in [-0.39, 0.29) is 0 Å². The molecular formula is C13H17N3O. The van der Waals surface area contributed by atoms with Gasteiger partial charge in [0.2, 0.25) is 0 Å². The molecule has 0 spiro atoms. The van der Waals surface area contributed by atoms with E-state index in [0.717, 1.165) is 28.9 Å². The largest absolute Gasteiger partial charge is 0.398 e. The number of nitrogens with two attached hydrogens (primary N) is 1. The van der Waals surface area contributed by atoms with Gasteiger partial charge in [-0.25, -0.2) is 4.98 Å². The Hall–Kier alpha value is -1.58. The highest BCUT2D eigenvalue weighted by Gasteiger charge is 2.21. The van der Waals surface area contributed by atoms with E-state index in [4.69, 9.17) is 10.3 Å². The summed E-state index contributed by atoms with van der Waals surface area (Å²) >= 11 is 0. The van der Waals surface area contributed by atoms with Crippen LogP contribution in [0, 0.1) is 0 Å². The van der Waals surface area contributed by atoms with Crippen molar-refractivity contribution in [3.8, 4) is 0 Å². The van der Waals surface area contributed by atoms with Crippen molar-refractivity contribution in [1.82, 2.24) is 10.1 Å². The molecule has 0 saturated heterocycles. The van der Waals surface area contributed by atoms with Crippen LogP contribution in [-0.4, -0.2) is 10.1 Å². The molecule has 0 amide bonds. The second kappa shape index (κ2) is 4.02. The zero-order valence-electron chi connectivity index (χ0n) is 10.1. The van der Waals surface area contributed by atoms with Gasteiger partial charge in [0.15, 0.2) is 0 Å². The van der Waals surface area contributed by atoms with E-state index in [1.54, 1.807) is 0 Å². The van der Waals surface area contributed by atoms with E-state index >= 15 is 0 Å². The summed E-state index contributed by atoms with van der Waals surface area (Å²) in [6.45, 7) is 2.04. The molecular weight excluding hydrogens is 214 g/mol. The number of nitrogen functional groups attached to an aromatic ring is 1. The number of fused-ring (bicyclic) bond motifs is 1. The summed E-state index contributed by atoms with van der Waals surface area (Å²) in [6.07, 6.45) is 5.84. The molecule has 1 fully saturated rings. The molecule has 0 unspecified atom stereocenters. The van der Waals surface area contributed by atoms with Crippen LogP contribution >= 0.6 is 0 Å². The maximum absolute atomic E-state index is 6.11. The molecule has 90 valence electrons. The first-order valence-corrected chi connectivity index (χ1v) is 6.34. The smallest absolute Gasteiger partial charge is 0.260 e. The fourth-order valence-corrected chi connectivity index (χ4v) is 2.73. The monoisotopic (exact) mass is 231 g/mol. The number of aryl methyl sites for hydroxylation is 1. The van der Waals surface area contributed by atoms with Gasteiger partial charge in [0.1, 0.15) is 0 Å². The number of nitrogens with zero attached hydrogens (tertiary/aromatic N) is 2. The second-order valence-corrected chi connectivity index (χ2v) is 4.78. The molecule has 3 rings (SSSR count). The highest BCUT2D eigenvalue weighted by Crippen LogP contribution is 2.35. The van der Waals surface area contributed by atoms with Crippen LogP contribution in [0.4, 0.5) is 5.69 Å². The quantitative estimate of drug-likeness (QED) is 0.862. The summed E-state index contributed by atoms with van der Waals surface area (Å²) in [5, 5.41) is 4.92. The Balaban J connectivity index is 2.11. The van der Waals surface area contributed by atoms with Gasteiger partial charge in [-0.3, -0.25) is 0 Å². The predicted octanol–water partition coefficient (Wildman–Crippen LogP) is 3.03. The van der Waals surface area contributed by atoms with Gasteiger partial charge in [0.05, 0.1) is 11.1 Å². The normalized spacial score (nSPS) is 17.0. The lowest BCUT2D eigenvalue weighted by Gasteiger charge is -2.08. The maximum Gasteiger partial charge on any atom is 0.260 e. The molecule has 17 heavy (non-hydrogen) atoms. The van der Waals surface area contributed by atoms with Crippen LogP contribution < -0.4 is 5.73 Å². The van der Waals surface area contributed by atoms with Gasteiger partial charge in [0, 0.05) is 17.3 Å². The first-order valence-electron chi connectivity index (χ1n) is 6.34. The Labute approximate surface area is 100 Å². The molecule has 1 aliphatic rings. The lowest BCUT2D eigenvalue weighted by molar-refractivity contribution is 0.438. The Morgan fingerprint density at radius 3 is 2.88 bits per heavy atom. The Bertz CT molecular complexity index is 541. The molecule has 1 aliphatic carbocycles. The van der Waals surface area contributed by atoms with Crippen LogP contribution in [0.15, 0.2) is 10.6 Å². The molecule has 2 N–H and O–H groups in total. The highest BCUT2D eigenvalue weighted by molar-refractivity contribution is 5.89. The standard InChI is InChI=1S/C13H17N3O/c1-2-10-12-9(14)7-11(8-5-3-4-6-8)15-13(12)17-16-10/h7-8H,2-6H2,1H3,(H2,14,15). The molecule has 0 aliphatic heterocycles. The summed E-state index contributed by atoms with van der Waals surface area (Å²) in [6, 6.07) is 2.01. The van der Waals surface area contributed by atoms with Crippen LogP contribution in [0.25, 0.3) is 11.1 Å². The van der Waals surface area contributed by atoms with Crippen LogP contribution in [0.3, 0.4) is 0 Å². The van der Waals surface area contributed by atoms with Gasteiger partial charge >= 0.3 is 0 Å². The number of hydrogen-bond acceptors (Lipinski definition) is 4. The van der Waals surface area contributed by atoms with Crippen molar-refractivity contribution < 1.29 is 4.52 Å². The van der Waals surface area contributed by atoms with Crippen molar-refractivity contribution in [3.05, 3.63) is 17.5 Å². The van der Waals surface area contributed by atoms with Crippen molar-refractivity contribution in [1.29, 1.82) is 0 Å². The van der Waals surface area contributed by atoms with Crippen molar-refractivity contribution in [2.24, 2.45) is 0 Å². The topological polar surface area (TPSA) is 64.9 Å². The molecule has 1 saturated carbocycles. The molecule has 4 nitrogen and oxygen atoms in total. The summed E-state index contributed by atoms with van der Waals surface area (Å²) in [7, 11) is 0. The van der Waals surface area contributed by atoms with Gasteiger partial charge in [-0.1, -0.05) is 24.9 Å². The average Bonchev–Trinajstić information content (AvgIpc) is 2.97. The molecule has 0 atom stereocenters. The summed E-state index contributed by atoms with van der Waals surface area (Å²) < 4.78 is 5.28. The second-order valence-electron chi connectivity index (χ2n) is 4.78.